The van der Waals surface area contributed by atoms with Crippen LogP contribution >= 0.6 is 11.8 Å². The average Bonchev–Trinajstić information content (AvgIpc) is 3.38. The van der Waals surface area contributed by atoms with Crippen LogP contribution in [-0.4, -0.2) is 21.5 Å². The monoisotopic (exact) mass is 490 g/mol. The molecular formula is C31H26N2O2S. The Morgan fingerprint density at radius 3 is 1.67 bits per heavy atom. The van der Waals surface area contributed by atoms with E-state index in [1.165, 1.54) is 11.8 Å². The predicted octanol–water partition coefficient (Wildman–Crippen LogP) is 7.33. The third-order valence-corrected chi connectivity index (χ3v) is 6.61. The maximum absolute atomic E-state index is 13.4. The number of hydrogen-bond acceptors (Lipinski definition) is 4. The highest BCUT2D eigenvalue weighted by molar-refractivity contribution is 7.99. The predicted molar refractivity (Wildman–Crippen MR) is 145 cm³/mol. The second-order valence-corrected chi connectivity index (χ2v) is 9.33. The molecule has 0 aliphatic heterocycles. The molecule has 1 aromatic heterocycles. The minimum atomic E-state index is 0.0356. The van der Waals surface area contributed by atoms with E-state index in [0.717, 1.165) is 27.9 Å². The molecule has 0 radical (unpaired) electrons. The van der Waals surface area contributed by atoms with Gasteiger partial charge in [0.25, 0.3) is 5.22 Å². The normalized spacial score (nSPS) is 10.8. The highest BCUT2D eigenvalue weighted by Gasteiger charge is 2.20. The number of thioether (sulfide) groups is 1. The Morgan fingerprint density at radius 2 is 1.14 bits per heavy atom. The van der Waals surface area contributed by atoms with Gasteiger partial charge in [0.2, 0.25) is 5.91 Å². The first-order valence-electron chi connectivity index (χ1n) is 11.9. The largest absolute Gasteiger partial charge is 0.431 e. The van der Waals surface area contributed by atoms with E-state index in [4.69, 9.17) is 9.40 Å². The molecule has 178 valence electrons. The van der Waals surface area contributed by atoms with Crippen LogP contribution in [0.4, 0.5) is 0 Å². The summed E-state index contributed by atoms with van der Waals surface area (Å²) in [6.07, 6.45) is 0. The average molecular weight is 491 g/mol. The Hall–Kier alpha value is -4.09. The Balaban J connectivity index is 1.36. The van der Waals surface area contributed by atoms with Crippen molar-refractivity contribution in [2.45, 2.75) is 18.3 Å². The van der Waals surface area contributed by atoms with Crippen molar-refractivity contribution in [1.29, 1.82) is 0 Å². The van der Waals surface area contributed by atoms with Gasteiger partial charge in [0.1, 0.15) is 5.69 Å². The lowest BCUT2D eigenvalue weighted by Gasteiger charge is -2.23. The molecule has 0 aliphatic rings. The molecule has 4 nitrogen and oxygen atoms in total. The van der Waals surface area contributed by atoms with Gasteiger partial charge in [-0.25, -0.2) is 4.98 Å². The molecule has 0 aliphatic carbocycles. The van der Waals surface area contributed by atoms with Crippen LogP contribution in [-0.2, 0) is 17.9 Å². The third kappa shape index (κ3) is 5.93. The Morgan fingerprint density at radius 1 is 0.667 bits per heavy atom. The molecule has 0 fully saturated rings. The van der Waals surface area contributed by atoms with Gasteiger partial charge in [-0.2, -0.15) is 0 Å². The van der Waals surface area contributed by atoms with E-state index in [1.807, 2.05) is 126 Å². The molecule has 0 unspecified atom stereocenters. The van der Waals surface area contributed by atoms with Crippen LogP contribution in [0, 0.1) is 0 Å². The van der Waals surface area contributed by atoms with Crippen LogP contribution < -0.4 is 0 Å². The number of rotatable bonds is 9. The fourth-order valence-corrected chi connectivity index (χ4v) is 4.72. The van der Waals surface area contributed by atoms with Gasteiger partial charge in [-0.3, -0.25) is 4.79 Å². The zero-order chi connectivity index (χ0) is 24.6. The van der Waals surface area contributed by atoms with Crippen molar-refractivity contribution in [1.82, 2.24) is 9.88 Å². The van der Waals surface area contributed by atoms with E-state index in [9.17, 15) is 4.79 Å². The van der Waals surface area contributed by atoms with Gasteiger partial charge < -0.3 is 9.32 Å². The van der Waals surface area contributed by atoms with Crippen LogP contribution in [0.25, 0.3) is 22.6 Å². The van der Waals surface area contributed by atoms with E-state index < -0.39 is 0 Å². The van der Waals surface area contributed by atoms with Crippen molar-refractivity contribution < 1.29 is 9.21 Å². The fraction of sp³-hybridized carbons (Fsp3) is 0.0968. The number of aromatic nitrogens is 1. The van der Waals surface area contributed by atoms with Gasteiger partial charge in [-0.05, 0) is 11.1 Å². The number of carbonyl (C=O) groups is 1. The Bertz CT molecular complexity index is 1290. The number of benzene rings is 4. The zero-order valence-electron chi connectivity index (χ0n) is 19.8. The first-order valence-corrected chi connectivity index (χ1v) is 12.8. The van der Waals surface area contributed by atoms with Gasteiger partial charge >= 0.3 is 0 Å². The zero-order valence-corrected chi connectivity index (χ0v) is 20.6. The third-order valence-electron chi connectivity index (χ3n) is 5.80. The van der Waals surface area contributed by atoms with Crippen LogP contribution in [0.15, 0.2) is 131 Å². The molecule has 5 aromatic rings. The molecule has 0 atom stereocenters. The molecule has 0 spiro atoms. The Kier molecular flexibility index (Phi) is 7.59. The lowest BCUT2D eigenvalue weighted by Crippen LogP contribution is -2.31. The number of amides is 1. The fourth-order valence-electron chi connectivity index (χ4n) is 3.99. The topological polar surface area (TPSA) is 46.3 Å². The van der Waals surface area contributed by atoms with Crippen LogP contribution in [0.2, 0.25) is 0 Å². The second-order valence-electron chi connectivity index (χ2n) is 8.40. The number of carbonyl (C=O) groups excluding carboxylic acids is 1. The highest BCUT2D eigenvalue weighted by Crippen LogP contribution is 2.35. The quantitative estimate of drug-likeness (QED) is 0.203. The van der Waals surface area contributed by atoms with Crippen molar-refractivity contribution in [2.24, 2.45) is 0 Å². The summed E-state index contributed by atoms with van der Waals surface area (Å²) in [7, 11) is 0. The van der Waals surface area contributed by atoms with E-state index in [2.05, 4.69) is 0 Å². The van der Waals surface area contributed by atoms with Gasteiger partial charge in [0.15, 0.2) is 5.76 Å². The molecule has 0 N–H and O–H groups in total. The van der Waals surface area contributed by atoms with Crippen LogP contribution in [0.3, 0.4) is 0 Å². The first-order chi connectivity index (χ1) is 17.8. The van der Waals surface area contributed by atoms with Gasteiger partial charge in [-0.1, -0.05) is 133 Å². The SMILES string of the molecule is O=C(CSc1nc(-c2ccccc2)c(-c2ccccc2)o1)N(Cc1ccccc1)Cc1ccccc1. The van der Waals surface area contributed by atoms with E-state index >= 15 is 0 Å². The standard InChI is InChI=1S/C31H26N2O2S/c34-28(33(21-24-13-5-1-6-14-24)22-25-15-7-2-8-16-25)23-36-31-32-29(26-17-9-3-10-18-26)30(35-31)27-19-11-4-12-20-27/h1-20H,21-23H2. The molecule has 1 amide bonds. The number of nitrogens with zero attached hydrogens (tertiary/aromatic N) is 2. The molecule has 5 heteroatoms. The van der Waals surface area contributed by atoms with Gasteiger partial charge in [-0.15, -0.1) is 0 Å². The van der Waals surface area contributed by atoms with Crippen molar-refractivity contribution in [3.05, 3.63) is 132 Å². The molecule has 0 saturated heterocycles. The van der Waals surface area contributed by atoms with E-state index in [-0.39, 0.29) is 11.7 Å². The van der Waals surface area contributed by atoms with Crippen molar-refractivity contribution in [2.75, 3.05) is 5.75 Å². The summed E-state index contributed by atoms with van der Waals surface area (Å²) in [5.74, 6) is 0.985. The van der Waals surface area contributed by atoms with Crippen LogP contribution in [0.5, 0.6) is 0 Å². The molecule has 0 bridgehead atoms. The van der Waals surface area contributed by atoms with E-state index in [0.29, 0.717) is 24.1 Å². The smallest absolute Gasteiger partial charge is 0.257 e. The molecule has 0 saturated carbocycles. The molecule has 1 heterocycles. The minimum absolute atomic E-state index is 0.0356. The van der Waals surface area contributed by atoms with Crippen molar-refractivity contribution >= 4 is 17.7 Å². The van der Waals surface area contributed by atoms with Crippen molar-refractivity contribution in [3.8, 4) is 22.6 Å². The maximum Gasteiger partial charge on any atom is 0.257 e. The molecule has 36 heavy (non-hydrogen) atoms. The number of oxazole rings is 1. The summed E-state index contributed by atoms with van der Waals surface area (Å²) in [6, 6.07) is 40.1. The molecule has 4 aromatic carbocycles. The minimum Gasteiger partial charge on any atom is -0.431 e. The summed E-state index contributed by atoms with van der Waals surface area (Å²) in [5.41, 5.74) is 4.91. The first kappa shape index (κ1) is 23.6. The maximum atomic E-state index is 13.4. The summed E-state index contributed by atoms with van der Waals surface area (Å²) in [6.45, 7) is 1.09. The van der Waals surface area contributed by atoms with Gasteiger partial charge in [0.05, 0.1) is 5.75 Å². The van der Waals surface area contributed by atoms with E-state index in [1.54, 1.807) is 0 Å². The summed E-state index contributed by atoms with van der Waals surface area (Å²) < 4.78 is 6.20. The van der Waals surface area contributed by atoms with Gasteiger partial charge in [0, 0.05) is 24.2 Å². The lowest BCUT2D eigenvalue weighted by atomic mass is 10.1. The lowest BCUT2D eigenvalue weighted by molar-refractivity contribution is -0.129. The molecule has 5 rings (SSSR count). The summed E-state index contributed by atoms with van der Waals surface area (Å²) in [5, 5.41) is 0.487. The summed E-state index contributed by atoms with van der Waals surface area (Å²) >= 11 is 1.33. The number of hydrogen-bond donors (Lipinski definition) is 0. The van der Waals surface area contributed by atoms with Crippen LogP contribution in [0.1, 0.15) is 11.1 Å². The Labute approximate surface area is 215 Å². The highest BCUT2D eigenvalue weighted by atomic mass is 32.2. The van der Waals surface area contributed by atoms with Crippen molar-refractivity contribution in [3.63, 3.8) is 0 Å². The summed E-state index contributed by atoms with van der Waals surface area (Å²) in [4.78, 5) is 20.1. The molecular weight excluding hydrogens is 464 g/mol. The second kappa shape index (κ2) is 11.6.